The first-order valence-electron chi connectivity index (χ1n) is 6.80. The van der Waals surface area contributed by atoms with Crippen LogP contribution in [0.25, 0.3) is 0 Å². The Morgan fingerprint density at radius 2 is 2.05 bits per heavy atom. The van der Waals surface area contributed by atoms with Crippen molar-refractivity contribution in [2.75, 3.05) is 11.9 Å². The van der Waals surface area contributed by atoms with Crippen LogP contribution in [0.2, 0.25) is 0 Å². The number of hydrogen-bond acceptors (Lipinski definition) is 3. The Morgan fingerprint density at radius 3 is 2.68 bits per heavy atom. The van der Waals surface area contributed by atoms with E-state index in [0.717, 1.165) is 6.42 Å². The highest BCUT2D eigenvalue weighted by atomic mass is 16.5. The predicted octanol–water partition coefficient (Wildman–Crippen LogP) is 2.79. The molecule has 1 rings (SSSR count). The van der Waals surface area contributed by atoms with Crippen molar-refractivity contribution in [3.8, 4) is 5.75 Å². The number of rotatable bonds is 7. The summed E-state index contributed by atoms with van der Waals surface area (Å²) in [5.41, 5.74) is 6.48. The SMILES string of the molecule is CCC(N)CC(=O)Nc1ccccc1OCC(C)C. The zero-order valence-electron chi connectivity index (χ0n) is 12.0. The van der Waals surface area contributed by atoms with Gasteiger partial charge in [-0.2, -0.15) is 0 Å². The van der Waals surface area contributed by atoms with Gasteiger partial charge in [-0.15, -0.1) is 0 Å². The largest absolute Gasteiger partial charge is 0.491 e. The first kappa shape index (κ1) is 15.5. The van der Waals surface area contributed by atoms with Crippen LogP contribution in [-0.2, 0) is 4.79 Å². The summed E-state index contributed by atoms with van der Waals surface area (Å²) in [6.07, 6.45) is 1.12. The molecule has 0 saturated carbocycles. The molecule has 0 aliphatic carbocycles. The van der Waals surface area contributed by atoms with E-state index >= 15 is 0 Å². The number of nitrogens with one attached hydrogen (secondary N) is 1. The third kappa shape index (κ3) is 5.75. The van der Waals surface area contributed by atoms with Gasteiger partial charge in [0, 0.05) is 12.5 Å². The maximum absolute atomic E-state index is 11.8. The molecular weight excluding hydrogens is 240 g/mol. The van der Waals surface area contributed by atoms with E-state index in [2.05, 4.69) is 19.2 Å². The highest BCUT2D eigenvalue weighted by Crippen LogP contribution is 2.24. The Bertz CT molecular complexity index is 405. The lowest BCUT2D eigenvalue weighted by Crippen LogP contribution is -2.26. The van der Waals surface area contributed by atoms with Crippen LogP contribution in [0.4, 0.5) is 5.69 Å². The Morgan fingerprint density at radius 1 is 1.37 bits per heavy atom. The summed E-state index contributed by atoms with van der Waals surface area (Å²) in [6.45, 7) is 6.77. The second-order valence-electron chi connectivity index (χ2n) is 5.12. The van der Waals surface area contributed by atoms with Crippen LogP contribution >= 0.6 is 0 Å². The third-order valence-corrected chi connectivity index (χ3v) is 2.71. The number of ether oxygens (including phenoxy) is 1. The van der Waals surface area contributed by atoms with Crippen LogP contribution in [0.5, 0.6) is 5.75 Å². The molecule has 0 aliphatic rings. The summed E-state index contributed by atoms with van der Waals surface area (Å²) < 4.78 is 5.68. The average molecular weight is 264 g/mol. The zero-order chi connectivity index (χ0) is 14.3. The molecule has 1 amide bonds. The molecule has 106 valence electrons. The normalized spacial score (nSPS) is 12.3. The van der Waals surface area contributed by atoms with Crippen LogP contribution in [0, 0.1) is 5.92 Å². The average Bonchev–Trinajstić information content (AvgIpc) is 2.37. The minimum atomic E-state index is -0.0938. The fourth-order valence-electron chi connectivity index (χ4n) is 1.54. The molecule has 0 aromatic heterocycles. The van der Waals surface area contributed by atoms with Crippen molar-refractivity contribution in [3.63, 3.8) is 0 Å². The van der Waals surface area contributed by atoms with Gasteiger partial charge in [-0.3, -0.25) is 4.79 Å². The number of anilines is 1. The van der Waals surface area contributed by atoms with Gasteiger partial charge in [0.05, 0.1) is 12.3 Å². The van der Waals surface area contributed by atoms with E-state index in [9.17, 15) is 4.79 Å². The van der Waals surface area contributed by atoms with Crippen molar-refractivity contribution in [2.45, 2.75) is 39.7 Å². The molecule has 4 heteroatoms. The lowest BCUT2D eigenvalue weighted by Gasteiger charge is -2.14. The highest BCUT2D eigenvalue weighted by molar-refractivity contribution is 5.92. The molecule has 0 aliphatic heterocycles. The van der Waals surface area contributed by atoms with Crippen LogP contribution < -0.4 is 15.8 Å². The number of amides is 1. The minimum absolute atomic E-state index is 0.0741. The van der Waals surface area contributed by atoms with Crippen molar-refractivity contribution >= 4 is 11.6 Å². The van der Waals surface area contributed by atoms with E-state index in [1.807, 2.05) is 31.2 Å². The van der Waals surface area contributed by atoms with Gasteiger partial charge in [0.1, 0.15) is 5.75 Å². The lowest BCUT2D eigenvalue weighted by atomic mass is 10.1. The van der Waals surface area contributed by atoms with E-state index in [1.54, 1.807) is 0 Å². The van der Waals surface area contributed by atoms with E-state index in [4.69, 9.17) is 10.5 Å². The molecule has 0 heterocycles. The Kier molecular flexibility index (Phi) is 6.36. The maximum Gasteiger partial charge on any atom is 0.226 e. The van der Waals surface area contributed by atoms with Crippen molar-refractivity contribution in [1.82, 2.24) is 0 Å². The molecule has 4 nitrogen and oxygen atoms in total. The van der Waals surface area contributed by atoms with Gasteiger partial charge in [0.2, 0.25) is 5.91 Å². The quantitative estimate of drug-likeness (QED) is 0.796. The number of benzene rings is 1. The summed E-state index contributed by atoms with van der Waals surface area (Å²) in [6, 6.07) is 7.37. The van der Waals surface area contributed by atoms with Gasteiger partial charge < -0.3 is 15.8 Å². The zero-order valence-corrected chi connectivity index (χ0v) is 12.0. The molecule has 1 atom stereocenters. The summed E-state index contributed by atoms with van der Waals surface area (Å²) in [4.78, 5) is 11.8. The molecule has 0 spiro atoms. The topological polar surface area (TPSA) is 64.4 Å². The molecule has 3 N–H and O–H groups in total. The van der Waals surface area contributed by atoms with E-state index < -0.39 is 0 Å². The third-order valence-electron chi connectivity index (χ3n) is 2.71. The summed E-state index contributed by atoms with van der Waals surface area (Å²) >= 11 is 0. The van der Waals surface area contributed by atoms with Crippen molar-refractivity contribution in [3.05, 3.63) is 24.3 Å². The van der Waals surface area contributed by atoms with Crippen LogP contribution in [0.15, 0.2) is 24.3 Å². The van der Waals surface area contributed by atoms with Gasteiger partial charge >= 0.3 is 0 Å². The van der Waals surface area contributed by atoms with Crippen LogP contribution in [0.1, 0.15) is 33.6 Å². The summed E-state index contributed by atoms with van der Waals surface area (Å²) in [5.74, 6) is 1.07. The van der Waals surface area contributed by atoms with E-state index in [0.29, 0.717) is 30.4 Å². The maximum atomic E-state index is 11.8. The van der Waals surface area contributed by atoms with Crippen molar-refractivity contribution < 1.29 is 9.53 Å². The molecule has 0 radical (unpaired) electrons. The molecule has 0 bridgehead atoms. The standard InChI is InChI=1S/C15H24N2O2/c1-4-12(16)9-15(18)17-13-7-5-6-8-14(13)19-10-11(2)3/h5-8,11-12H,4,9-10,16H2,1-3H3,(H,17,18). The molecule has 19 heavy (non-hydrogen) atoms. The first-order chi connectivity index (χ1) is 9.02. The van der Waals surface area contributed by atoms with E-state index in [-0.39, 0.29) is 11.9 Å². The lowest BCUT2D eigenvalue weighted by molar-refractivity contribution is -0.116. The van der Waals surface area contributed by atoms with Gasteiger partial charge in [-0.25, -0.2) is 0 Å². The Labute approximate surface area is 115 Å². The Balaban J connectivity index is 2.64. The number of carbonyl (C=O) groups is 1. The number of nitrogens with two attached hydrogens (primary N) is 1. The Hall–Kier alpha value is -1.55. The van der Waals surface area contributed by atoms with Crippen molar-refractivity contribution in [2.24, 2.45) is 11.7 Å². The molecule has 1 aromatic rings. The highest BCUT2D eigenvalue weighted by Gasteiger charge is 2.11. The molecule has 1 unspecified atom stereocenters. The molecular formula is C15H24N2O2. The first-order valence-corrected chi connectivity index (χ1v) is 6.80. The number of para-hydroxylation sites is 2. The summed E-state index contributed by atoms with van der Waals surface area (Å²) in [7, 11) is 0. The fraction of sp³-hybridized carbons (Fsp3) is 0.533. The van der Waals surface area contributed by atoms with Gasteiger partial charge in [0.15, 0.2) is 0 Å². The van der Waals surface area contributed by atoms with Crippen LogP contribution in [0.3, 0.4) is 0 Å². The smallest absolute Gasteiger partial charge is 0.226 e. The second-order valence-corrected chi connectivity index (χ2v) is 5.12. The van der Waals surface area contributed by atoms with Gasteiger partial charge in [-0.1, -0.05) is 32.9 Å². The molecule has 0 saturated heterocycles. The molecule has 1 aromatic carbocycles. The monoisotopic (exact) mass is 264 g/mol. The number of hydrogen-bond donors (Lipinski definition) is 2. The predicted molar refractivity (Wildman–Crippen MR) is 78.3 cm³/mol. The van der Waals surface area contributed by atoms with E-state index in [1.165, 1.54) is 0 Å². The summed E-state index contributed by atoms with van der Waals surface area (Å²) in [5, 5.41) is 2.86. The fourth-order valence-corrected chi connectivity index (χ4v) is 1.54. The van der Waals surface area contributed by atoms with Gasteiger partial charge in [0.25, 0.3) is 0 Å². The van der Waals surface area contributed by atoms with Crippen LogP contribution in [-0.4, -0.2) is 18.6 Å². The molecule has 0 fully saturated rings. The number of carbonyl (C=O) groups excluding carboxylic acids is 1. The minimum Gasteiger partial charge on any atom is -0.491 e. The second kappa shape index (κ2) is 7.79. The van der Waals surface area contributed by atoms with Crippen molar-refractivity contribution in [1.29, 1.82) is 0 Å². The van der Waals surface area contributed by atoms with Gasteiger partial charge in [-0.05, 0) is 24.5 Å².